The minimum Gasteiger partial charge on any atom is -0.356 e. The van der Waals surface area contributed by atoms with Crippen molar-refractivity contribution in [2.45, 2.75) is 45.7 Å². The highest BCUT2D eigenvalue weighted by molar-refractivity contribution is 14.0. The number of nitrogens with one attached hydrogen (secondary N) is 2. The molecule has 1 aliphatic rings. The van der Waals surface area contributed by atoms with Gasteiger partial charge in [0.05, 0.1) is 6.04 Å². The van der Waals surface area contributed by atoms with E-state index in [1.165, 1.54) is 16.7 Å². The molecule has 2 rings (SSSR count). The molecule has 1 amide bonds. The van der Waals surface area contributed by atoms with E-state index in [0.29, 0.717) is 0 Å². The first-order chi connectivity index (χ1) is 12.9. The number of aryl methyl sites for hydroxylation is 2. The molecule has 1 fully saturated rings. The van der Waals surface area contributed by atoms with Crippen LogP contribution in [0.2, 0.25) is 0 Å². The number of benzene rings is 1. The van der Waals surface area contributed by atoms with Gasteiger partial charge in [-0.05, 0) is 50.8 Å². The molecule has 0 radical (unpaired) electrons. The second-order valence-corrected chi connectivity index (χ2v) is 7.56. The number of nitrogens with zero attached hydrogens (tertiary/aromatic N) is 3. The van der Waals surface area contributed by atoms with Gasteiger partial charge in [-0.2, -0.15) is 0 Å². The molecule has 6 nitrogen and oxygen atoms in total. The van der Waals surface area contributed by atoms with Crippen molar-refractivity contribution in [2.75, 3.05) is 40.8 Å². The number of carbonyl (C=O) groups excluding carboxylic acids is 1. The van der Waals surface area contributed by atoms with E-state index in [-0.39, 0.29) is 35.9 Å². The Bertz CT molecular complexity index is 662. The van der Waals surface area contributed by atoms with Crippen molar-refractivity contribution in [1.29, 1.82) is 0 Å². The van der Waals surface area contributed by atoms with Crippen LogP contribution in [0.4, 0.5) is 0 Å². The zero-order valence-electron chi connectivity index (χ0n) is 17.9. The Kier molecular flexibility index (Phi) is 10.8. The third-order valence-electron chi connectivity index (χ3n) is 5.17. The largest absolute Gasteiger partial charge is 0.356 e. The molecular formula is C21H36IN5O. The molecule has 0 saturated carbocycles. The molecule has 158 valence electrons. The van der Waals surface area contributed by atoms with Crippen molar-refractivity contribution in [1.82, 2.24) is 20.4 Å². The van der Waals surface area contributed by atoms with Gasteiger partial charge in [-0.3, -0.25) is 14.7 Å². The van der Waals surface area contributed by atoms with Crippen LogP contribution in [0.5, 0.6) is 0 Å². The molecule has 1 atom stereocenters. The quantitative estimate of drug-likeness (QED) is 0.261. The molecule has 1 aromatic rings. The fraction of sp³-hybridized carbons (Fsp3) is 0.619. The molecule has 7 heteroatoms. The molecule has 0 aliphatic carbocycles. The lowest BCUT2D eigenvalue weighted by Crippen LogP contribution is -2.44. The second kappa shape index (κ2) is 12.3. The number of hydrogen-bond acceptors (Lipinski definition) is 3. The normalized spacial score (nSPS) is 17.2. The maximum absolute atomic E-state index is 12.3. The molecule has 1 aromatic carbocycles. The van der Waals surface area contributed by atoms with Gasteiger partial charge in [0, 0.05) is 40.8 Å². The van der Waals surface area contributed by atoms with Crippen molar-refractivity contribution in [2.24, 2.45) is 4.99 Å². The van der Waals surface area contributed by atoms with Crippen LogP contribution in [-0.4, -0.2) is 68.5 Å². The molecule has 28 heavy (non-hydrogen) atoms. The van der Waals surface area contributed by atoms with Crippen LogP contribution in [0.3, 0.4) is 0 Å². The monoisotopic (exact) mass is 501 g/mol. The predicted octanol–water partition coefficient (Wildman–Crippen LogP) is 2.53. The van der Waals surface area contributed by atoms with Gasteiger partial charge in [-0.1, -0.05) is 23.8 Å². The van der Waals surface area contributed by atoms with Gasteiger partial charge in [0.15, 0.2) is 5.96 Å². The molecule has 2 N–H and O–H groups in total. The van der Waals surface area contributed by atoms with Crippen molar-refractivity contribution >= 4 is 35.8 Å². The van der Waals surface area contributed by atoms with E-state index < -0.39 is 0 Å². The molecule has 1 aliphatic heterocycles. The molecule has 0 spiro atoms. The minimum atomic E-state index is 0. The van der Waals surface area contributed by atoms with Crippen molar-refractivity contribution in [3.63, 3.8) is 0 Å². The van der Waals surface area contributed by atoms with Gasteiger partial charge in [0.25, 0.3) is 0 Å². The van der Waals surface area contributed by atoms with Crippen molar-refractivity contribution in [3.05, 3.63) is 34.9 Å². The van der Waals surface area contributed by atoms with Crippen LogP contribution >= 0.6 is 24.0 Å². The highest BCUT2D eigenvalue weighted by Crippen LogP contribution is 2.18. The lowest BCUT2D eigenvalue weighted by atomic mass is 10.1. The van der Waals surface area contributed by atoms with Crippen LogP contribution in [0.1, 0.15) is 36.0 Å². The van der Waals surface area contributed by atoms with E-state index in [1.807, 2.05) is 14.1 Å². The van der Waals surface area contributed by atoms with Gasteiger partial charge < -0.3 is 15.5 Å². The summed E-state index contributed by atoms with van der Waals surface area (Å²) in [6.45, 7) is 7.81. The summed E-state index contributed by atoms with van der Waals surface area (Å²) in [7, 11) is 5.47. The number of rotatable bonds is 7. The van der Waals surface area contributed by atoms with Crippen molar-refractivity contribution in [3.8, 4) is 0 Å². The first-order valence-corrected chi connectivity index (χ1v) is 9.88. The summed E-state index contributed by atoms with van der Waals surface area (Å²) in [5, 5.41) is 6.76. The Morgan fingerprint density at radius 3 is 2.68 bits per heavy atom. The predicted molar refractivity (Wildman–Crippen MR) is 127 cm³/mol. The molecule has 0 aromatic heterocycles. The van der Waals surface area contributed by atoms with E-state index in [4.69, 9.17) is 0 Å². The number of hydrogen-bond donors (Lipinski definition) is 2. The van der Waals surface area contributed by atoms with Crippen LogP contribution < -0.4 is 10.6 Å². The number of likely N-dealkylation sites (tertiary alicyclic amines) is 1. The Balaban J connectivity index is 0.00000392. The number of aliphatic imine (C=N–C) groups is 1. The van der Waals surface area contributed by atoms with E-state index >= 15 is 0 Å². The van der Waals surface area contributed by atoms with Crippen LogP contribution in [0.15, 0.2) is 23.2 Å². The maximum Gasteiger partial charge on any atom is 0.239 e. The lowest BCUT2D eigenvalue weighted by Gasteiger charge is -2.26. The standard InChI is InChI=1S/C21H35N5O.HI/c1-16-9-10-18(17(2)14-16)15-24-21(22-3)23-11-7-13-26-12-6-8-19(26)20(27)25(4)5;/h9-10,14,19H,6-8,11-13,15H2,1-5H3,(H2,22,23,24);1H. The van der Waals surface area contributed by atoms with Gasteiger partial charge in [0.1, 0.15) is 0 Å². The Hall–Kier alpha value is -1.35. The highest BCUT2D eigenvalue weighted by Gasteiger charge is 2.30. The third-order valence-corrected chi connectivity index (χ3v) is 5.17. The number of guanidine groups is 1. The fourth-order valence-electron chi connectivity index (χ4n) is 3.60. The van der Waals surface area contributed by atoms with Gasteiger partial charge in [0.2, 0.25) is 5.91 Å². The van der Waals surface area contributed by atoms with Crippen molar-refractivity contribution < 1.29 is 4.79 Å². The Labute approximate surface area is 187 Å². The van der Waals surface area contributed by atoms with Gasteiger partial charge in [-0.15, -0.1) is 24.0 Å². The molecule has 1 heterocycles. The van der Waals surface area contributed by atoms with E-state index in [9.17, 15) is 4.79 Å². The molecule has 1 unspecified atom stereocenters. The first-order valence-electron chi connectivity index (χ1n) is 9.88. The van der Waals surface area contributed by atoms with E-state index in [1.54, 1.807) is 11.9 Å². The fourth-order valence-corrected chi connectivity index (χ4v) is 3.60. The maximum atomic E-state index is 12.3. The molecule has 0 bridgehead atoms. The average molecular weight is 501 g/mol. The summed E-state index contributed by atoms with van der Waals surface area (Å²) >= 11 is 0. The number of halogens is 1. The van der Waals surface area contributed by atoms with Crippen LogP contribution in [-0.2, 0) is 11.3 Å². The SMILES string of the molecule is CN=C(NCCCN1CCCC1C(=O)N(C)C)NCc1ccc(C)cc1C.I. The minimum absolute atomic E-state index is 0. The summed E-state index contributed by atoms with van der Waals surface area (Å²) in [5.41, 5.74) is 3.86. The number of likely N-dealkylation sites (N-methyl/N-ethyl adjacent to an activating group) is 1. The van der Waals surface area contributed by atoms with Gasteiger partial charge in [-0.25, -0.2) is 0 Å². The lowest BCUT2D eigenvalue weighted by molar-refractivity contribution is -0.133. The topological polar surface area (TPSA) is 60.0 Å². The molecular weight excluding hydrogens is 465 g/mol. The van der Waals surface area contributed by atoms with E-state index in [0.717, 1.165) is 51.4 Å². The Morgan fingerprint density at radius 2 is 2.04 bits per heavy atom. The average Bonchev–Trinajstić information content (AvgIpc) is 3.10. The summed E-state index contributed by atoms with van der Waals surface area (Å²) in [5.74, 6) is 1.05. The molecule has 1 saturated heterocycles. The summed E-state index contributed by atoms with van der Waals surface area (Å²) in [6.07, 6.45) is 3.07. The summed E-state index contributed by atoms with van der Waals surface area (Å²) < 4.78 is 0. The zero-order valence-corrected chi connectivity index (χ0v) is 20.2. The second-order valence-electron chi connectivity index (χ2n) is 7.56. The first kappa shape index (κ1) is 24.7. The number of carbonyl (C=O) groups is 1. The number of amides is 1. The third kappa shape index (κ3) is 7.24. The van der Waals surface area contributed by atoms with Crippen LogP contribution in [0, 0.1) is 13.8 Å². The zero-order chi connectivity index (χ0) is 19.8. The summed E-state index contributed by atoms with van der Waals surface area (Å²) in [6, 6.07) is 6.57. The van der Waals surface area contributed by atoms with Gasteiger partial charge >= 0.3 is 0 Å². The Morgan fingerprint density at radius 1 is 1.29 bits per heavy atom. The smallest absolute Gasteiger partial charge is 0.239 e. The van der Waals surface area contributed by atoms with Crippen LogP contribution in [0.25, 0.3) is 0 Å². The highest BCUT2D eigenvalue weighted by atomic mass is 127. The summed E-state index contributed by atoms with van der Waals surface area (Å²) in [4.78, 5) is 20.6. The van der Waals surface area contributed by atoms with E-state index in [2.05, 4.69) is 52.6 Å².